The van der Waals surface area contributed by atoms with Gasteiger partial charge in [-0.15, -0.1) is 0 Å². The highest BCUT2D eigenvalue weighted by Gasteiger charge is 2.55. The number of rotatable bonds is 3. The Labute approximate surface area is 143 Å². The van der Waals surface area contributed by atoms with Crippen LogP contribution in [0.5, 0.6) is 0 Å². The third kappa shape index (κ3) is 2.33. The lowest BCUT2D eigenvalue weighted by Gasteiger charge is -2.22. The maximum Gasteiger partial charge on any atom is 0.325 e. The van der Waals surface area contributed by atoms with Crippen LogP contribution in [0.1, 0.15) is 27.9 Å². The van der Waals surface area contributed by atoms with E-state index >= 15 is 0 Å². The molecule has 0 aromatic heterocycles. The first-order valence-corrected chi connectivity index (χ1v) is 8.02. The van der Waals surface area contributed by atoms with Crippen LogP contribution >= 0.6 is 0 Å². The molecule has 2 aliphatic rings. The van der Waals surface area contributed by atoms with Gasteiger partial charge in [0.05, 0.1) is 6.54 Å². The Morgan fingerprint density at radius 3 is 2.76 bits per heavy atom. The van der Waals surface area contributed by atoms with Crippen molar-refractivity contribution in [3.05, 3.63) is 71.0 Å². The molecular formula is C19H15FN2O3. The summed E-state index contributed by atoms with van der Waals surface area (Å²) < 4.78 is 13.3. The summed E-state index contributed by atoms with van der Waals surface area (Å²) in [4.78, 5) is 38.6. The summed E-state index contributed by atoms with van der Waals surface area (Å²) in [6.45, 7) is -0.405. The number of hydrogen-bond donors (Lipinski definition) is 1. The van der Waals surface area contributed by atoms with Gasteiger partial charge in [0.15, 0.2) is 5.78 Å². The number of ketones is 1. The number of hydrogen-bond acceptors (Lipinski definition) is 3. The van der Waals surface area contributed by atoms with E-state index < -0.39 is 35.6 Å². The van der Waals surface area contributed by atoms with E-state index in [2.05, 4.69) is 5.32 Å². The van der Waals surface area contributed by atoms with Crippen LogP contribution in [0.2, 0.25) is 0 Å². The normalized spacial score (nSPS) is 21.6. The number of Topliss-reactive ketones (excluding diaryl/α,β-unsaturated/α-hetero) is 1. The van der Waals surface area contributed by atoms with Gasteiger partial charge >= 0.3 is 6.03 Å². The lowest BCUT2D eigenvalue weighted by atomic mass is 9.92. The van der Waals surface area contributed by atoms with E-state index in [0.717, 1.165) is 22.1 Å². The molecule has 2 aromatic rings. The van der Waals surface area contributed by atoms with Crippen molar-refractivity contribution in [2.45, 2.75) is 18.4 Å². The number of carbonyl (C=O) groups is 3. The molecule has 0 bridgehead atoms. The largest absolute Gasteiger partial charge is 0.325 e. The zero-order valence-corrected chi connectivity index (χ0v) is 13.3. The molecule has 1 heterocycles. The van der Waals surface area contributed by atoms with Crippen LogP contribution in [0, 0.1) is 5.82 Å². The van der Waals surface area contributed by atoms with Gasteiger partial charge in [0.25, 0.3) is 5.91 Å². The Hall–Kier alpha value is -3.02. The minimum Gasteiger partial charge on any atom is -0.319 e. The number of imide groups is 1. The van der Waals surface area contributed by atoms with Crippen LogP contribution in [0.3, 0.4) is 0 Å². The molecule has 0 saturated carbocycles. The van der Waals surface area contributed by atoms with Gasteiger partial charge in [-0.1, -0.05) is 36.4 Å². The van der Waals surface area contributed by atoms with E-state index in [1.807, 2.05) is 24.3 Å². The minimum atomic E-state index is -1.09. The van der Waals surface area contributed by atoms with Gasteiger partial charge in [-0.3, -0.25) is 14.5 Å². The fourth-order valence-corrected chi connectivity index (χ4v) is 3.63. The van der Waals surface area contributed by atoms with Crippen LogP contribution in [-0.2, 0) is 16.8 Å². The molecule has 1 spiro atoms. The van der Waals surface area contributed by atoms with Crippen LogP contribution in [0.15, 0.2) is 48.5 Å². The second-order valence-corrected chi connectivity index (χ2v) is 6.32. The van der Waals surface area contributed by atoms with E-state index in [4.69, 9.17) is 0 Å². The smallest absolute Gasteiger partial charge is 0.319 e. The summed E-state index contributed by atoms with van der Waals surface area (Å²) >= 11 is 0. The SMILES string of the molecule is O=C(CN1C(=O)N[C@]2(CCc3ccccc32)C1=O)c1cccc(F)c1. The molecule has 6 heteroatoms. The highest BCUT2D eigenvalue weighted by molar-refractivity contribution is 6.11. The molecule has 3 amide bonds. The predicted molar refractivity (Wildman–Crippen MR) is 87.4 cm³/mol. The van der Waals surface area contributed by atoms with Gasteiger partial charge in [0.2, 0.25) is 0 Å². The molecule has 126 valence electrons. The molecule has 0 unspecified atom stereocenters. The fourth-order valence-electron chi connectivity index (χ4n) is 3.63. The summed E-state index contributed by atoms with van der Waals surface area (Å²) in [6, 6.07) is 12.1. The number of benzene rings is 2. The first kappa shape index (κ1) is 15.5. The van der Waals surface area contributed by atoms with E-state index in [1.54, 1.807) is 0 Å². The second kappa shape index (κ2) is 5.51. The summed E-state index contributed by atoms with van der Waals surface area (Å²) in [7, 11) is 0. The number of urea groups is 1. The molecule has 5 nitrogen and oxygen atoms in total. The van der Waals surface area contributed by atoms with Crippen molar-refractivity contribution in [3.8, 4) is 0 Å². The number of amides is 3. The van der Waals surface area contributed by atoms with Crippen LogP contribution in [-0.4, -0.2) is 29.2 Å². The van der Waals surface area contributed by atoms with Crippen molar-refractivity contribution in [2.75, 3.05) is 6.54 Å². The summed E-state index contributed by atoms with van der Waals surface area (Å²) in [5, 5.41) is 2.76. The van der Waals surface area contributed by atoms with Gasteiger partial charge in [-0.25, -0.2) is 9.18 Å². The van der Waals surface area contributed by atoms with Crippen molar-refractivity contribution < 1.29 is 18.8 Å². The number of nitrogens with one attached hydrogen (secondary N) is 1. The molecule has 4 rings (SSSR count). The predicted octanol–water partition coefficient (Wildman–Crippen LogP) is 2.40. The zero-order chi connectivity index (χ0) is 17.6. The lowest BCUT2D eigenvalue weighted by molar-refractivity contribution is -0.131. The number of aryl methyl sites for hydroxylation is 1. The molecular weight excluding hydrogens is 323 g/mol. The Bertz CT molecular complexity index is 911. The first-order chi connectivity index (χ1) is 12.0. The summed E-state index contributed by atoms with van der Waals surface area (Å²) in [5.74, 6) is -1.44. The monoisotopic (exact) mass is 338 g/mol. The Kier molecular flexibility index (Phi) is 3.42. The zero-order valence-electron chi connectivity index (χ0n) is 13.3. The quantitative estimate of drug-likeness (QED) is 0.690. The molecule has 25 heavy (non-hydrogen) atoms. The average molecular weight is 338 g/mol. The van der Waals surface area contributed by atoms with E-state index in [9.17, 15) is 18.8 Å². The second-order valence-electron chi connectivity index (χ2n) is 6.32. The molecule has 1 atom stereocenters. The van der Waals surface area contributed by atoms with Crippen LogP contribution in [0.4, 0.5) is 9.18 Å². The first-order valence-electron chi connectivity index (χ1n) is 8.02. The third-order valence-electron chi connectivity index (χ3n) is 4.87. The van der Waals surface area contributed by atoms with Gasteiger partial charge < -0.3 is 5.32 Å². The van der Waals surface area contributed by atoms with Crippen LogP contribution < -0.4 is 5.32 Å². The van der Waals surface area contributed by atoms with Crippen molar-refractivity contribution in [1.29, 1.82) is 0 Å². The van der Waals surface area contributed by atoms with Crippen LogP contribution in [0.25, 0.3) is 0 Å². The molecule has 1 fully saturated rings. The van der Waals surface area contributed by atoms with Gasteiger partial charge in [0, 0.05) is 5.56 Å². The average Bonchev–Trinajstić information content (AvgIpc) is 3.09. The van der Waals surface area contributed by atoms with Crippen molar-refractivity contribution in [3.63, 3.8) is 0 Å². The fraction of sp³-hybridized carbons (Fsp3) is 0.211. The standard InChI is InChI=1S/C19H15FN2O3/c20-14-6-3-5-13(10-14)16(23)11-22-17(24)19(21-18(22)25)9-8-12-4-1-2-7-15(12)19/h1-7,10H,8-9,11H2,(H,21,25)/t19-/m0/s1. The molecule has 0 radical (unpaired) electrons. The van der Waals surface area contributed by atoms with E-state index in [0.29, 0.717) is 12.8 Å². The number of fused-ring (bicyclic) bond motifs is 2. The number of halogens is 1. The topological polar surface area (TPSA) is 66.5 Å². The van der Waals surface area contributed by atoms with Crippen molar-refractivity contribution in [1.82, 2.24) is 10.2 Å². The maximum absolute atomic E-state index is 13.3. The summed E-state index contributed by atoms with van der Waals surface area (Å²) in [6.07, 6.45) is 1.16. The van der Waals surface area contributed by atoms with Gasteiger partial charge in [-0.2, -0.15) is 0 Å². The Morgan fingerprint density at radius 2 is 1.96 bits per heavy atom. The molecule has 1 saturated heterocycles. The van der Waals surface area contributed by atoms with Gasteiger partial charge in [0.1, 0.15) is 11.4 Å². The highest BCUT2D eigenvalue weighted by Crippen LogP contribution is 2.41. The summed E-state index contributed by atoms with van der Waals surface area (Å²) in [5.41, 5.74) is 0.854. The lowest BCUT2D eigenvalue weighted by Crippen LogP contribution is -2.42. The molecule has 1 aliphatic carbocycles. The Balaban J connectivity index is 1.62. The third-order valence-corrected chi connectivity index (χ3v) is 4.87. The van der Waals surface area contributed by atoms with E-state index in [1.165, 1.54) is 18.2 Å². The minimum absolute atomic E-state index is 0.133. The Morgan fingerprint density at radius 1 is 1.16 bits per heavy atom. The number of carbonyl (C=O) groups excluding carboxylic acids is 3. The van der Waals surface area contributed by atoms with E-state index in [-0.39, 0.29) is 5.56 Å². The maximum atomic E-state index is 13.3. The van der Waals surface area contributed by atoms with Crippen molar-refractivity contribution in [2.24, 2.45) is 0 Å². The van der Waals surface area contributed by atoms with Gasteiger partial charge in [-0.05, 0) is 36.1 Å². The molecule has 1 aliphatic heterocycles. The van der Waals surface area contributed by atoms with Crippen molar-refractivity contribution >= 4 is 17.7 Å². The highest BCUT2D eigenvalue weighted by atomic mass is 19.1. The molecule has 2 aromatic carbocycles. The molecule has 1 N–H and O–H groups in total. The number of nitrogens with zero attached hydrogens (tertiary/aromatic N) is 1.